The minimum Gasteiger partial charge on any atom is -0.508 e. The van der Waals surface area contributed by atoms with E-state index >= 15 is 0 Å². The lowest BCUT2D eigenvalue weighted by Crippen LogP contribution is -1.56. The van der Waals surface area contributed by atoms with E-state index in [1.54, 1.807) is 24.3 Å². The zero-order valence-corrected chi connectivity index (χ0v) is 7.01. The molecule has 0 unspecified atom stereocenters. The molecule has 0 spiro atoms. The Balaban J connectivity index is 0.000000218. The Bertz CT molecular complexity index is 207. The Morgan fingerprint density at radius 1 is 1.18 bits per heavy atom. The van der Waals surface area contributed by atoms with Crippen molar-refractivity contribution in [1.29, 1.82) is 0 Å². The van der Waals surface area contributed by atoms with E-state index in [-0.39, 0.29) is 0 Å². The highest BCUT2D eigenvalue weighted by Crippen LogP contribution is 2.02. The van der Waals surface area contributed by atoms with E-state index in [2.05, 4.69) is 23.2 Å². The van der Waals surface area contributed by atoms with Crippen molar-refractivity contribution in [1.82, 2.24) is 0 Å². The molecule has 0 fully saturated rings. The zero-order valence-electron chi connectivity index (χ0n) is 5.50. The molecule has 4 heteroatoms. The Hall–Kier alpha value is -0.730. The molecule has 0 radical (unpaired) electrons. The summed E-state index contributed by atoms with van der Waals surface area (Å²) in [6.45, 7) is 0. The van der Waals surface area contributed by atoms with Crippen LogP contribution in [0.3, 0.4) is 0 Å². The third-order valence-corrected chi connectivity index (χ3v) is 0.756. The van der Waals surface area contributed by atoms with Crippen LogP contribution in [0.5, 0.6) is 5.75 Å². The van der Waals surface area contributed by atoms with Crippen LogP contribution in [-0.2, 0) is 0 Å². The molecule has 1 aromatic carbocycles. The number of phenols is 1. The number of carbonyl (C=O) groups excluding carboxylic acids is 1. The summed E-state index contributed by atoms with van der Waals surface area (Å²) < 4.78 is -0.889. The molecule has 1 N–H and O–H groups in total. The van der Waals surface area contributed by atoms with Crippen molar-refractivity contribution >= 4 is 27.9 Å². The molecule has 60 valence electrons. The Kier molecular flexibility index (Phi) is 5.61. The topological polar surface area (TPSA) is 37.3 Å². The van der Waals surface area contributed by atoms with Crippen LogP contribution in [0.2, 0.25) is 0 Å². The molecule has 2 nitrogen and oxygen atoms in total. The van der Waals surface area contributed by atoms with Crippen molar-refractivity contribution in [2.45, 2.75) is 0 Å². The first kappa shape index (κ1) is 10.3. The van der Waals surface area contributed by atoms with Gasteiger partial charge in [0.2, 0.25) is 0 Å². The van der Waals surface area contributed by atoms with Crippen LogP contribution in [0.4, 0.5) is 4.79 Å². The molecule has 0 aliphatic rings. The van der Waals surface area contributed by atoms with Gasteiger partial charge in [0.1, 0.15) is 5.75 Å². The van der Waals surface area contributed by atoms with Crippen molar-refractivity contribution in [2.75, 3.05) is 0 Å². The van der Waals surface area contributed by atoms with Crippen LogP contribution >= 0.6 is 23.2 Å². The smallest absolute Gasteiger partial charge is 0.313 e. The number of halogens is 2. The monoisotopic (exact) mass is 192 g/mol. The van der Waals surface area contributed by atoms with E-state index in [0.717, 1.165) is 0 Å². The van der Waals surface area contributed by atoms with Gasteiger partial charge in [0.15, 0.2) is 0 Å². The fraction of sp³-hybridized carbons (Fsp3) is 0. The van der Waals surface area contributed by atoms with Crippen LogP contribution in [0, 0.1) is 0 Å². The normalized spacial score (nSPS) is 7.82. The van der Waals surface area contributed by atoms with Crippen LogP contribution < -0.4 is 0 Å². The van der Waals surface area contributed by atoms with Crippen LogP contribution in [0.1, 0.15) is 0 Å². The van der Waals surface area contributed by atoms with Gasteiger partial charge in [-0.3, -0.25) is 4.79 Å². The quantitative estimate of drug-likeness (QED) is 0.643. The first-order valence-corrected chi connectivity index (χ1v) is 3.47. The summed E-state index contributed by atoms with van der Waals surface area (Å²) in [7, 11) is 0. The van der Waals surface area contributed by atoms with Gasteiger partial charge in [-0.1, -0.05) is 18.2 Å². The predicted octanol–water partition coefficient (Wildman–Crippen LogP) is 2.98. The number of phenolic OH excluding ortho intramolecular Hbond substituents is 1. The number of rotatable bonds is 0. The predicted molar refractivity (Wildman–Crippen MR) is 45.2 cm³/mol. The largest absolute Gasteiger partial charge is 0.508 e. The van der Waals surface area contributed by atoms with Gasteiger partial charge in [-0.15, -0.1) is 0 Å². The highest BCUT2D eigenvalue weighted by molar-refractivity contribution is 6.93. The second-order valence-electron chi connectivity index (χ2n) is 1.56. The molecular weight excluding hydrogens is 187 g/mol. The molecule has 0 bridgehead atoms. The molecule has 0 aliphatic carbocycles. The maximum absolute atomic E-state index is 8.98. The zero-order chi connectivity index (χ0) is 8.69. The first-order valence-electron chi connectivity index (χ1n) is 2.72. The minimum absolute atomic E-state index is 0.322. The van der Waals surface area contributed by atoms with Gasteiger partial charge in [-0.05, 0) is 35.3 Å². The highest BCUT2D eigenvalue weighted by Gasteiger charge is 1.74. The molecule has 0 atom stereocenters. The van der Waals surface area contributed by atoms with Crippen LogP contribution in [0.15, 0.2) is 30.3 Å². The fourth-order valence-electron chi connectivity index (χ4n) is 0.428. The van der Waals surface area contributed by atoms with Crippen LogP contribution in [-0.4, -0.2) is 9.81 Å². The van der Waals surface area contributed by atoms with E-state index in [9.17, 15) is 0 Å². The second kappa shape index (κ2) is 6.01. The van der Waals surface area contributed by atoms with E-state index in [0.29, 0.717) is 5.75 Å². The summed E-state index contributed by atoms with van der Waals surface area (Å²) in [4.78, 5) is 8.98. The number of hydrogen-bond donors (Lipinski definition) is 1. The lowest BCUT2D eigenvalue weighted by Gasteiger charge is -1.82. The molecule has 0 heterocycles. The van der Waals surface area contributed by atoms with E-state index in [1.807, 2.05) is 6.07 Å². The number of aromatic hydroxyl groups is 1. The Morgan fingerprint density at radius 2 is 1.55 bits per heavy atom. The lowest BCUT2D eigenvalue weighted by atomic mass is 10.3. The van der Waals surface area contributed by atoms with Crippen molar-refractivity contribution in [3.05, 3.63) is 30.3 Å². The summed E-state index contributed by atoms with van der Waals surface area (Å²) in [5, 5.41) is 8.63. The first-order chi connectivity index (χ1) is 5.13. The van der Waals surface area contributed by atoms with E-state index < -0.39 is 4.70 Å². The van der Waals surface area contributed by atoms with Crippen molar-refractivity contribution in [3.8, 4) is 5.75 Å². The summed E-state index contributed by atoms with van der Waals surface area (Å²) in [6.07, 6.45) is 0. The molecular formula is C7H6Cl2O2. The third kappa shape index (κ3) is 9.27. The van der Waals surface area contributed by atoms with Gasteiger partial charge in [-0.2, -0.15) is 0 Å². The van der Waals surface area contributed by atoms with Gasteiger partial charge in [0.25, 0.3) is 0 Å². The molecule has 0 aromatic heterocycles. The second-order valence-corrected chi connectivity index (χ2v) is 2.44. The van der Waals surface area contributed by atoms with Crippen LogP contribution in [0.25, 0.3) is 0 Å². The standard InChI is InChI=1S/C6H6O.CCl2O/c7-6-4-2-1-3-5-6;2-1(3)4/h1-5,7H;. The number of para-hydroxylation sites is 1. The van der Waals surface area contributed by atoms with Crippen molar-refractivity contribution < 1.29 is 9.90 Å². The Labute approximate surface area is 74.4 Å². The number of carbonyl (C=O) groups is 1. The minimum atomic E-state index is -0.889. The SMILES string of the molecule is O=C(Cl)Cl.Oc1ccccc1. The maximum Gasteiger partial charge on any atom is 0.313 e. The molecule has 1 aromatic rings. The van der Waals surface area contributed by atoms with Crippen molar-refractivity contribution in [2.24, 2.45) is 0 Å². The van der Waals surface area contributed by atoms with E-state index in [4.69, 9.17) is 9.90 Å². The summed E-state index contributed by atoms with van der Waals surface area (Å²) in [5.74, 6) is 0.322. The molecule has 1 rings (SSSR count). The molecule has 0 saturated heterocycles. The molecule has 11 heavy (non-hydrogen) atoms. The maximum atomic E-state index is 8.98. The van der Waals surface area contributed by atoms with Gasteiger partial charge in [0.05, 0.1) is 0 Å². The van der Waals surface area contributed by atoms with E-state index in [1.165, 1.54) is 0 Å². The average molecular weight is 193 g/mol. The molecule has 0 saturated carbocycles. The van der Waals surface area contributed by atoms with Crippen molar-refractivity contribution in [3.63, 3.8) is 0 Å². The fourth-order valence-corrected chi connectivity index (χ4v) is 0.428. The molecule has 0 aliphatic heterocycles. The van der Waals surface area contributed by atoms with Gasteiger partial charge in [-0.25, -0.2) is 0 Å². The third-order valence-electron chi connectivity index (χ3n) is 0.756. The van der Waals surface area contributed by atoms with Gasteiger partial charge < -0.3 is 5.11 Å². The lowest BCUT2D eigenvalue weighted by molar-refractivity contribution is 0.275. The summed E-state index contributed by atoms with van der Waals surface area (Å²) >= 11 is 8.80. The molecule has 0 amide bonds. The summed E-state index contributed by atoms with van der Waals surface area (Å²) in [5.41, 5.74) is 0. The average Bonchev–Trinajstić information content (AvgIpc) is 1.87. The van der Waals surface area contributed by atoms with Gasteiger partial charge in [0, 0.05) is 0 Å². The van der Waals surface area contributed by atoms with Gasteiger partial charge >= 0.3 is 4.70 Å². The summed E-state index contributed by atoms with van der Waals surface area (Å²) in [6, 6.07) is 8.71. The number of hydrogen-bond acceptors (Lipinski definition) is 2. The Morgan fingerprint density at radius 3 is 1.73 bits per heavy atom. The number of benzene rings is 1. The highest BCUT2D eigenvalue weighted by atomic mass is 35.5.